The van der Waals surface area contributed by atoms with Crippen molar-refractivity contribution in [2.75, 3.05) is 57.8 Å². The predicted molar refractivity (Wildman–Crippen MR) is 283 cm³/mol. The molecule has 0 spiro atoms. The molecule has 3 N–H and O–H groups in total. The van der Waals surface area contributed by atoms with E-state index in [1.54, 1.807) is 29.9 Å². The van der Waals surface area contributed by atoms with Gasteiger partial charge >= 0.3 is 11.8 Å². The molecule has 5 amide bonds. The summed E-state index contributed by atoms with van der Waals surface area (Å²) in [4.78, 5) is 95.2. The Balaban J connectivity index is 0.736. The van der Waals surface area contributed by atoms with E-state index < -0.39 is 35.8 Å². The molecule has 19 heteroatoms. The van der Waals surface area contributed by atoms with Crippen molar-refractivity contribution in [2.24, 2.45) is 13.0 Å². The first-order valence-corrected chi connectivity index (χ1v) is 26.4. The summed E-state index contributed by atoms with van der Waals surface area (Å²) in [5.74, 6) is -1.43. The number of piperidine rings is 2. The lowest BCUT2D eigenvalue weighted by Crippen LogP contribution is -2.54. The van der Waals surface area contributed by atoms with Crippen LogP contribution in [0.3, 0.4) is 0 Å². The number of imidazole rings is 1. The lowest BCUT2D eigenvalue weighted by Gasteiger charge is -2.39. The average Bonchev–Trinajstić information content (AvgIpc) is 4.25. The number of nitrogens with one attached hydrogen (secondary N) is 3. The van der Waals surface area contributed by atoms with Gasteiger partial charge in [0.2, 0.25) is 11.8 Å². The number of anilines is 1. The first-order chi connectivity index (χ1) is 36.3. The maximum atomic E-state index is 14.3. The number of aromatic nitrogens is 6. The molecule has 5 aliphatic rings. The quantitative estimate of drug-likeness (QED) is 0.121. The second-order valence-electron chi connectivity index (χ2n) is 21.4. The molecule has 75 heavy (non-hydrogen) atoms. The number of pyridine rings is 1. The Morgan fingerprint density at radius 3 is 2.33 bits per heavy atom. The number of aromatic amines is 1. The van der Waals surface area contributed by atoms with Crippen LogP contribution < -0.4 is 21.2 Å². The van der Waals surface area contributed by atoms with E-state index in [1.165, 1.54) is 12.7 Å². The van der Waals surface area contributed by atoms with Gasteiger partial charge in [0.25, 0.3) is 11.8 Å². The van der Waals surface area contributed by atoms with Gasteiger partial charge in [-0.25, -0.2) is 14.6 Å². The van der Waals surface area contributed by atoms with Gasteiger partial charge in [0.05, 0.1) is 63.9 Å². The number of hydrogen-bond donors (Lipinski definition) is 3. The highest BCUT2D eigenvalue weighted by molar-refractivity contribution is 6.25. The lowest BCUT2D eigenvalue weighted by atomic mass is 9.94. The molecule has 3 saturated heterocycles. The number of hydrogen-bond acceptors (Lipinski definition) is 12. The fraction of sp³-hybridized carbons (Fsp3) is 0.429. The Hall–Kier alpha value is -7.64. The Morgan fingerprint density at radius 1 is 0.827 bits per heavy atom. The van der Waals surface area contributed by atoms with Gasteiger partial charge in [0.1, 0.15) is 11.7 Å². The first-order valence-electron chi connectivity index (χ1n) is 26.4. The van der Waals surface area contributed by atoms with E-state index in [0.29, 0.717) is 29.1 Å². The topological polar surface area (TPSA) is 205 Å². The highest BCUT2D eigenvalue weighted by Gasteiger charge is 2.46. The van der Waals surface area contributed by atoms with Crippen molar-refractivity contribution in [3.05, 3.63) is 100 Å². The molecular weight excluding hydrogens is 953 g/mol. The summed E-state index contributed by atoms with van der Waals surface area (Å²) in [5, 5.41) is 11.9. The van der Waals surface area contributed by atoms with Gasteiger partial charge in [-0.2, -0.15) is 5.10 Å². The maximum Gasteiger partial charge on any atom is 0.407 e. The number of fused-ring (bicyclic) bond motifs is 5. The third-order valence-electron chi connectivity index (χ3n) is 16.6. The molecule has 0 bridgehead atoms. The number of carbonyl (C=O) groups is 5. The van der Waals surface area contributed by atoms with Gasteiger partial charge in [-0.05, 0) is 99.2 Å². The molecule has 1 unspecified atom stereocenters. The highest BCUT2D eigenvalue weighted by Crippen LogP contribution is 2.44. The number of aryl methyl sites for hydroxylation is 1. The largest absolute Gasteiger partial charge is 0.453 e. The molecule has 1 aliphatic carbocycles. The SMILES string of the molecule is COC(=O)N[C@@H]1CC[C@@H](n2c(=O)n(C)c3cnc4[nH]c(-c5ccc(CN6CCN(CC7CCN(c8cccc9c8C(=O)N(C8CCC(=O)NC8=O)C9=O)CC7)CC6)cc5)c(-c5ccc6c(cnn6C(C)C)c5)c4c32)C1. The molecule has 8 heterocycles. The number of rotatable bonds is 11. The Kier molecular flexibility index (Phi) is 12.4. The minimum atomic E-state index is -0.989. The van der Waals surface area contributed by atoms with E-state index >= 15 is 0 Å². The molecular formula is C56H62N12O7. The van der Waals surface area contributed by atoms with Gasteiger partial charge in [0.15, 0.2) is 0 Å². The summed E-state index contributed by atoms with van der Waals surface area (Å²) in [6, 6.07) is 19.6. The summed E-state index contributed by atoms with van der Waals surface area (Å²) in [6.07, 6.45) is 7.44. The van der Waals surface area contributed by atoms with E-state index in [-0.39, 0.29) is 36.7 Å². The number of methoxy groups -OCH3 is 1. The van der Waals surface area contributed by atoms with Crippen LogP contribution in [0.25, 0.3) is 55.4 Å². The first kappa shape index (κ1) is 48.3. The van der Waals surface area contributed by atoms with Gasteiger partial charge in [0, 0.05) is 94.9 Å². The van der Waals surface area contributed by atoms with Crippen LogP contribution >= 0.6 is 0 Å². The minimum Gasteiger partial charge on any atom is -0.453 e. The molecule has 4 fully saturated rings. The van der Waals surface area contributed by atoms with Crippen molar-refractivity contribution in [3.63, 3.8) is 0 Å². The number of benzene rings is 3. The maximum absolute atomic E-state index is 14.3. The van der Waals surface area contributed by atoms with Crippen LogP contribution in [0.15, 0.2) is 77.9 Å². The van der Waals surface area contributed by atoms with E-state index in [1.807, 2.05) is 21.5 Å². The van der Waals surface area contributed by atoms with Gasteiger partial charge in [-0.1, -0.05) is 36.4 Å². The molecule has 0 radical (unpaired) electrons. The Bertz CT molecular complexity index is 3500. The number of nitrogens with zero attached hydrogens (tertiary/aromatic N) is 9. The van der Waals surface area contributed by atoms with Crippen LogP contribution in [0.1, 0.15) is 97.2 Å². The fourth-order valence-corrected chi connectivity index (χ4v) is 12.6. The number of carbonyl (C=O) groups excluding carboxylic acids is 5. The van der Waals surface area contributed by atoms with Crippen molar-refractivity contribution in [1.82, 2.24) is 54.2 Å². The molecule has 7 aromatic rings. The minimum absolute atomic E-state index is 0.0861. The molecule has 3 aromatic carbocycles. The standard InChI is InChI=1S/C56H62N12O7/c1-32(2)68-41-15-12-36(26-37(41)28-58-68)46-48-50-44(62(3)56(74)66(50)39-14-13-38(27-39)59-55(73)75-4)29-57-51(48)61-49(46)35-10-8-33(9-11-35)30-63-22-24-64(25-23-63)31-34-18-20-65(21-19-34)42-7-5-6-40-47(42)54(72)67(53(40)71)43-16-17-45(69)60-52(43)70/h5-12,15,26,28-29,32,34,38-39,43H,13-14,16-25,27,30-31H2,1-4H3,(H,57,61)(H,59,73)(H,60,69,70)/t38-,39-,43?/m1/s1. The lowest BCUT2D eigenvalue weighted by molar-refractivity contribution is -0.136. The van der Waals surface area contributed by atoms with Crippen molar-refractivity contribution in [1.29, 1.82) is 0 Å². The van der Waals surface area contributed by atoms with Crippen molar-refractivity contribution in [3.8, 4) is 22.4 Å². The van der Waals surface area contributed by atoms with Crippen LogP contribution in [-0.4, -0.2) is 138 Å². The molecule has 3 atom stereocenters. The summed E-state index contributed by atoms with van der Waals surface area (Å²) >= 11 is 0. The molecule has 12 rings (SSSR count). The van der Waals surface area contributed by atoms with Crippen LogP contribution in [0.5, 0.6) is 0 Å². The zero-order valence-corrected chi connectivity index (χ0v) is 42.8. The third-order valence-corrected chi connectivity index (χ3v) is 16.6. The predicted octanol–water partition coefficient (Wildman–Crippen LogP) is 6.37. The van der Waals surface area contributed by atoms with E-state index in [4.69, 9.17) is 14.8 Å². The smallest absolute Gasteiger partial charge is 0.407 e. The number of imide groups is 2. The molecule has 4 aromatic heterocycles. The summed E-state index contributed by atoms with van der Waals surface area (Å²) in [5.41, 5.74) is 9.68. The third kappa shape index (κ3) is 8.54. The van der Waals surface area contributed by atoms with Gasteiger partial charge in [-0.15, -0.1) is 0 Å². The zero-order chi connectivity index (χ0) is 51.8. The molecule has 19 nitrogen and oxygen atoms in total. The van der Waals surface area contributed by atoms with Crippen molar-refractivity contribution in [2.45, 2.75) is 89.5 Å². The molecule has 1 saturated carbocycles. The van der Waals surface area contributed by atoms with Crippen LogP contribution in [0.4, 0.5) is 10.5 Å². The number of amides is 5. The fourth-order valence-electron chi connectivity index (χ4n) is 12.6. The van der Waals surface area contributed by atoms with Crippen molar-refractivity contribution < 1.29 is 28.7 Å². The van der Waals surface area contributed by atoms with Crippen molar-refractivity contribution >= 4 is 68.4 Å². The summed E-state index contributed by atoms with van der Waals surface area (Å²) in [7, 11) is 3.16. The monoisotopic (exact) mass is 1010 g/mol. The Labute approximate surface area is 432 Å². The van der Waals surface area contributed by atoms with Gasteiger partial charge < -0.3 is 24.8 Å². The zero-order valence-electron chi connectivity index (χ0n) is 42.8. The molecule has 388 valence electrons. The number of ether oxygens (including phenoxy) is 1. The van der Waals surface area contributed by atoms with Crippen LogP contribution in [0.2, 0.25) is 0 Å². The second kappa shape index (κ2) is 19.2. The Morgan fingerprint density at radius 2 is 1.59 bits per heavy atom. The van der Waals surface area contributed by atoms with E-state index in [0.717, 1.165) is 138 Å². The number of piperazine rings is 1. The van der Waals surface area contributed by atoms with E-state index in [9.17, 15) is 28.8 Å². The molecule has 4 aliphatic heterocycles. The highest BCUT2D eigenvalue weighted by atomic mass is 16.5. The normalized spacial score (nSPS) is 21.1. The number of alkyl carbamates (subject to hydrolysis) is 1. The van der Waals surface area contributed by atoms with Crippen LogP contribution in [0, 0.1) is 5.92 Å². The van der Waals surface area contributed by atoms with Crippen LogP contribution in [-0.2, 0) is 27.9 Å². The van der Waals surface area contributed by atoms with E-state index in [2.05, 4.69) is 86.6 Å². The second-order valence-corrected chi connectivity index (χ2v) is 21.4. The summed E-state index contributed by atoms with van der Waals surface area (Å²) in [6.45, 7) is 11.5. The summed E-state index contributed by atoms with van der Waals surface area (Å²) < 4.78 is 10.5. The average molecular weight is 1020 g/mol. The van der Waals surface area contributed by atoms with Gasteiger partial charge in [-0.3, -0.25) is 48.1 Å². The number of H-pyrrole nitrogens is 1.